The van der Waals surface area contributed by atoms with Gasteiger partial charge in [-0.2, -0.15) is 0 Å². The third-order valence-corrected chi connectivity index (χ3v) is 5.70. The Morgan fingerprint density at radius 3 is 2.43 bits per heavy atom. The quantitative estimate of drug-likeness (QED) is 0.604. The number of halogens is 1. The molecule has 156 valence electrons. The number of anilines is 1. The smallest absolute Gasteiger partial charge is 0.230 e. The van der Waals surface area contributed by atoms with Gasteiger partial charge in [-0.3, -0.25) is 4.79 Å². The molecule has 1 amide bonds. The van der Waals surface area contributed by atoms with Crippen LogP contribution in [0.1, 0.15) is 25.3 Å². The summed E-state index contributed by atoms with van der Waals surface area (Å²) in [6, 6.07) is 13.2. The molecule has 6 nitrogen and oxygen atoms in total. The predicted molar refractivity (Wildman–Crippen MR) is 118 cm³/mol. The zero-order chi connectivity index (χ0) is 21.1. The van der Waals surface area contributed by atoms with Gasteiger partial charge in [0, 0.05) is 37.4 Å². The lowest BCUT2D eigenvalue weighted by molar-refractivity contribution is -0.134. The highest BCUT2D eigenvalue weighted by Crippen LogP contribution is 2.29. The van der Waals surface area contributed by atoms with Crippen molar-refractivity contribution < 1.29 is 9.21 Å². The van der Waals surface area contributed by atoms with Crippen LogP contribution < -0.4 is 4.90 Å². The topological polar surface area (TPSA) is 62.5 Å². The Kier molecular flexibility index (Phi) is 6.04. The summed E-state index contributed by atoms with van der Waals surface area (Å²) in [6.07, 6.45) is 3.38. The van der Waals surface area contributed by atoms with Gasteiger partial charge in [0.25, 0.3) is 0 Å². The van der Waals surface area contributed by atoms with Crippen molar-refractivity contribution in [1.29, 1.82) is 0 Å². The summed E-state index contributed by atoms with van der Waals surface area (Å²) in [6.45, 7) is 6.84. The maximum absolute atomic E-state index is 13.3. The summed E-state index contributed by atoms with van der Waals surface area (Å²) < 4.78 is 5.44. The molecule has 1 saturated heterocycles. The fraction of sp³-hybridized carbons (Fsp3) is 0.348. The van der Waals surface area contributed by atoms with Crippen molar-refractivity contribution in [2.45, 2.75) is 19.8 Å². The molecule has 30 heavy (non-hydrogen) atoms. The average Bonchev–Trinajstić information content (AvgIpc) is 3.30. The van der Waals surface area contributed by atoms with E-state index in [-0.39, 0.29) is 17.7 Å². The number of aromatic nitrogens is 2. The van der Waals surface area contributed by atoms with E-state index >= 15 is 0 Å². The molecule has 0 unspecified atom stereocenters. The molecule has 0 radical (unpaired) electrons. The van der Waals surface area contributed by atoms with E-state index in [0.29, 0.717) is 37.1 Å². The van der Waals surface area contributed by atoms with Crippen molar-refractivity contribution in [2.24, 2.45) is 5.92 Å². The molecule has 0 bridgehead atoms. The van der Waals surface area contributed by atoms with Crippen LogP contribution in [0.15, 0.2) is 59.3 Å². The molecule has 0 saturated carbocycles. The summed E-state index contributed by atoms with van der Waals surface area (Å²) in [7, 11) is 0. The minimum absolute atomic E-state index is 0.164. The fourth-order valence-corrected chi connectivity index (χ4v) is 3.99. The molecule has 1 aromatic carbocycles. The maximum atomic E-state index is 13.3. The summed E-state index contributed by atoms with van der Waals surface area (Å²) in [5.41, 5.74) is 1.77. The van der Waals surface area contributed by atoms with E-state index in [4.69, 9.17) is 16.0 Å². The number of carbonyl (C=O) groups is 1. The Bertz CT molecular complexity index is 981. The highest BCUT2D eigenvalue weighted by Gasteiger charge is 2.31. The van der Waals surface area contributed by atoms with Crippen LogP contribution in [-0.2, 0) is 4.79 Å². The number of carbonyl (C=O) groups excluding carboxylic acids is 1. The van der Waals surface area contributed by atoms with Crippen molar-refractivity contribution in [3.05, 3.63) is 65.5 Å². The van der Waals surface area contributed by atoms with Crippen molar-refractivity contribution in [2.75, 3.05) is 31.1 Å². The van der Waals surface area contributed by atoms with Crippen molar-refractivity contribution >= 4 is 23.5 Å². The number of hydrogen-bond donors (Lipinski definition) is 0. The van der Waals surface area contributed by atoms with E-state index in [2.05, 4.69) is 28.7 Å². The monoisotopic (exact) mass is 424 g/mol. The van der Waals surface area contributed by atoms with E-state index in [0.717, 1.165) is 17.0 Å². The number of nitrogens with zero attached hydrogens (tertiary/aromatic N) is 4. The SMILES string of the molecule is CC(C)[C@H](C(=O)N1CCN(c2nccc(-c3ccco3)n2)CC1)c1ccc(Cl)cc1. The second-order valence-electron chi connectivity index (χ2n) is 7.80. The van der Waals surface area contributed by atoms with Crippen LogP contribution in [0.5, 0.6) is 0 Å². The normalized spacial score (nSPS) is 15.5. The summed E-state index contributed by atoms with van der Waals surface area (Å²) in [4.78, 5) is 26.4. The number of piperazine rings is 1. The van der Waals surface area contributed by atoms with Gasteiger partial charge in [-0.1, -0.05) is 37.6 Å². The molecular weight excluding hydrogens is 400 g/mol. The predicted octanol–water partition coefficient (Wildman–Crippen LogP) is 4.48. The molecule has 1 aliphatic rings. The average molecular weight is 425 g/mol. The lowest BCUT2D eigenvalue weighted by atomic mass is 9.87. The van der Waals surface area contributed by atoms with Gasteiger partial charge in [-0.05, 0) is 41.8 Å². The Labute approximate surface area is 181 Å². The van der Waals surface area contributed by atoms with E-state index in [1.54, 1.807) is 12.5 Å². The third-order valence-electron chi connectivity index (χ3n) is 5.45. The number of furan rings is 1. The number of benzene rings is 1. The first-order chi connectivity index (χ1) is 14.5. The highest BCUT2D eigenvalue weighted by atomic mass is 35.5. The highest BCUT2D eigenvalue weighted by molar-refractivity contribution is 6.30. The van der Waals surface area contributed by atoms with Crippen LogP contribution >= 0.6 is 11.6 Å². The van der Waals surface area contributed by atoms with E-state index < -0.39 is 0 Å². The minimum atomic E-state index is -0.174. The van der Waals surface area contributed by atoms with Crippen LogP contribution in [0.2, 0.25) is 5.02 Å². The Morgan fingerprint density at radius 1 is 1.07 bits per heavy atom. The van der Waals surface area contributed by atoms with Gasteiger partial charge >= 0.3 is 0 Å². The minimum Gasteiger partial charge on any atom is -0.463 e. The lowest BCUT2D eigenvalue weighted by Crippen LogP contribution is -2.51. The first-order valence-corrected chi connectivity index (χ1v) is 10.6. The van der Waals surface area contributed by atoms with Gasteiger partial charge in [-0.25, -0.2) is 9.97 Å². The molecule has 4 rings (SSSR count). The standard InChI is InChI=1S/C23H25ClN4O2/c1-16(2)21(17-5-7-18(24)8-6-17)22(29)27-11-13-28(14-12-27)23-25-10-9-19(26-23)20-4-3-15-30-20/h3-10,15-16,21H,11-14H2,1-2H3/t21-/m0/s1. The Balaban J connectivity index is 1.44. The van der Waals surface area contributed by atoms with Gasteiger partial charge in [0.1, 0.15) is 5.69 Å². The first kappa shape index (κ1) is 20.4. The van der Waals surface area contributed by atoms with E-state index in [1.807, 2.05) is 47.4 Å². The van der Waals surface area contributed by atoms with E-state index in [1.165, 1.54) is 0 Å². The van der Waals surface area contributed by atoms with Crippen molar-refractivity contribution in [1.82, 2.24) is 14.9 Å². The van der Waals surface area contributed by atoms with Gasteiger partial charge in [0.05, 0.1) is 12.2 Å². The van der Waals surface area contributed by atoms with Crippen LogP contribution in [0.25, 0.3) is 11.5 Å². The molecular formula is C23H25ClN4O2. The zero-order valence-electron chi connectivity index (χ0n) is 17.2. The first-order valence-electron chi connectivity index (χ1n) is 10.2. The molecule has 1 fully saturated rings. The Morgan fingerprint density at radius 2 is 1.80 bits per heavy atom. The van der Waals surface area contributed by atoms with Gasteiger partial charge < -0.3 is 14.2 Å². The van der Waals surface area contributed by atoms with Crippen LogP contribution in [0.4, 0.5) is 5.95 Å². The molecule has 1 aliphatic heterocycles. The second-order valence-corrected chi connectivity index (χ2v) is 8.24. The van der Waals surface area contributed by atoms with Crippen molar-refractivity contribution in [3.8, 4) is 11.5 Å². The lowest BCUT2D eigenvalue weighted by Gasteiger charge is -2.37. The number of hydrogen-bond acceptors (Lipinski definition) is 5. The van der Waals surface area contributed by atoms with Crippen LogP contribution in [0, 0.1) is 5.92 Å². The number of amides is 1. The van der Waals surface area contributed by atoms with Crippen molar-refractivity contribution in [3.63, 3.8) is 0 Å². The summed E-state index contributed by atoms with van der Waals surface area (Å²) in [5.74, 6) is 1.57. The largest absolute Gasteiger partial charge is 0.463 e. The molecule has 0 N–H and O–H groups in total. The van der Waals surface area contributed by atoms with Crippen LogP contribution in [0.3, 0.4) is 0 Å². The summed E-state index contributed by atoms with van der Waals surface area (Å²) in [5, 5.41) is 0.680. The van der Waals surface area contributed by atoms with E-state index in [9.17, 15) is 4.79 Å². The van der Waals surface area contributed by atoms with Gasteiger partial charge in [0.2, 0.25) is 11.9 Å². The second kappa shape index (κ2) is 8.88. The fourth-order valence-electron chi connectivity index (χ4n) is 3.87. The number of rotatable bonds is 5. The van der Waals surface area contributed by atoms with Gasteiger partial charge in [-0.15, -0.1) is 0 Å². The van der Waals surface area contributed by atoms with Gasteiger partial charge in [0.15, 0.2) is 5.76 Å². The molecule has 1 atom stereocenters. The molecule has 0 aliphatic carbocycles. The van der Waals surface area contributed by atoms with Crippen LogP contribution in [-0.4, -0.2) is 47.0 Å². The zero-order valence-corrected chi connectivity index (χ0v) is 17.9. The maximum Gasteiger partial charge on any atom is 0.230 e. The molecule has 3 aromatic rings. The third kappa shape index (κ3) is 4.33. The Hall–Kier alpha value is -2.86. The molecule has 7 heteroatoms. The molecule has 2 aromatic heterocycles. The summed E-state index contributed by atoms with van der Waals surface area (Å²) >= 11 is 6.02. The molecule has 0 spiro atoms. The molecule has 3 heterocycles.